The van der Waals surface area contributed by atoms with Crippen LogP contribution in [0.2, 0.25) is 0 Å². The molecule has 2 heteroatoms. The van der Waals surface area contributed by atoms with Crippen molar-refractivity contribution >= 4 is 34.1 Å². The van der Waals surface area contributed by atoms with Gasteiger partial charge in [0.15, 0.2) is 0 Å². The molecule has 2 fully saturated rings. The molecule has 0 atom stereocenters. The topological polar surface area (TPSA) is 6.48 Å². The molecule has 8 aromatic rings. The molecule has 0 spiro atoms. The Balaban J connectivity index is 0.935. The highest BCUT2D eigenvalue weighted by Gasteiger charge is 2.38. The van der Waals surface area contributed by atoms with Gasteiger partial charge in [-0.3, -0.25) is 0 Å². The summed E-state index contributed by atoms with van der Waals surface area (Å²) in [5, 5.41) is 0. The SMILES string of the molecule is CC1(C)c2cc(N(c3ccc(C4CCCCCC4)cc3)c3cc4ccc3CCc3ccc(c(N(c5ccccc5)c5ccc(C6CCCCC6)cc5)c3)CC4)ccc2-c2c(-c3ccccc3)cccc21. The van der Waals surface area contributed by atoms with Crippen LogP contribution in [0.5, 0.6) is 0 Å². The first kappa shape index (κ1) is 44.6. The zero-order valence-electron chi connectivity index (χ0n) is 41.5. The molecule has 0 radical (unpaired) electrons. The van der Waals surface area contributed by atoms with E-state index in [0.29, 0.717) is 11.8 Å². The molecular formula is C68H68N2. The van der Waals surface area contributed by atoms with Crippen LogP contribution in [-0.4, -0.2) is 0 Å². The molecule has 70 heavy (non-hydrogen) atoms. The molecular weight excluding hydrogens is 845 g/mol. The number of fused-ring (bicyclic) bond motifs is 3. The van der Waals surface area contributed by atoms with Gasteiger partial charge in [-0.2, -0.15) is 0 Å². The lowest BCUT2D eigenvalue weighted by atomic mass is 9.81. The molecule has 0 aliphatic heterocycles. The number of para-hydroxylation sites is 1. The van der Waals surface area contributed by atoms with Gasteiger partial charge >= 0.3 is 0 Å². The summed E-state index contributed by atoms with van der Waals surface area (Å²) in [5.41, 5.74) is 24.0. The molecule has 7 aliphatic rings. The van der Waals surface area contributed by atoms with E-state index in [1.807, 2.05) is 0 Å². The van der Waals surface area contributed by atoms with Gasteiger partial charge in [-0.15, -0.1) is 0 Å². The molecule has 0 amide bonds. The van der Waals surface area contributed by atoms with Gasteiger partial charge in [-0.1, -0.05) is 180 Å². The summed E-state index contributed by atoms with van der Waals surface area (Å²) in [6, 6.07) is 70.5. The molecule has 7 aliphatic carbocycles. The zero-order chi connectivity index (χ0) is 47.0. The summed E-state index contributed by atoms with van der Waals surface area (Å²) in [5.74, 6) is 1.34. The van der Waals surface area contributed by atoms with Gasteiger partial charge in [-0.25, -0.2) is 0 Å². The third-order valence-corrected chi connectivity index (χ3v) is 16.9. The quantitative estimate of drug-likeness (QED) is 0.133. The lowest BCUT2D eigenvalue weighted by Gasteiger charge is -2.31. The molecule has 0 unspecified atom stereocenters. The van der Waals surface area contributed by atoms with E-state index in [1.54, 1.807) is 0 Å². The third-order valence-electron chi connectivity index (χ3n) is 16.9. The molecule has 0 aromatic heterocycles. The van der Waals surface area contributed by atoms with Crippen molar-refractivity contribution in [1.82, 2.24) is 0 Å². The number of rotatable bonds is 9. The number of hydrogen-bond acceptors (Lipinski definition) is 2. The minimum absolute atomic E-state index is 0.156. The van der Waals surface area contributed by atoms with E-state index in [0.717, 1.165) is 25.7 Å². The minimum atomic E-state index is -0.156. The van der Waals surface area contributed by atoms with Crippen LogP contribution in [0, 0.1) is 0 Å². The molecule has 0 N–H and O–H groups in total. The lowest BCUT2D eigenvalue weighted by molar-refractivity contribution is 0.443. The fraction of sp³-hybridized carbons (Fsp3) is 0.294. The summed E-state index contributed by atoms with van der Waals surface area (Å²) in [6.45, 7) is 4.86. The Bertz CT molecular complexity index is 3090. The van der Waals surface area contributed by atoms with Crippen molar-refractivity contribution in [2.75, 3.05) is 9.80 Å². The van der Waals surface area contributed by atoms with Crippen LogP contribution in [-0.2, 0) is 31.1 Å². The third kappa shape index (κ3) is 8.59. The van der Waals surface area contributed by atoms with E-state index in [2.05, 4.69) is 206 Å². The van der Waals surface area contributed by atoms with Crippen molar-refractivity contribution in [2.45, 2.75) is 127 Å². The number of anilines is 6. The summed E-state index contributed by atoms with van der Waals surface area (Å²) in [7, 11) is 0. The molecule has 15 rings (SSSR count). The molecule has 0 heterocycles. The van der Waals surface area contributed by atoms with Crippen LogP contribution in [0.4, 0.5) is 34.1 Å². The fourth-order valence-electron chi connectivity index (χ4n) is 13.0. The standard InChI is InChI=1S/C68H68N2/c1-68(2)63-26-16-25-61(54-21-12-6-13-22-54)67(63)62-44-43-60(47-64(62)68)70(59-41-37-53(38-42-59)50-17-8-3-4-9-18-50)66-46-49-28-32-55-31-27-48(29-33-56(66)34-30-49)45-65(55)69(57-23-14-7-15-24-57)58-39-35-52(36-40-58)51-19-10-5-11-20-51/h6-7,12-16,21-27,30-31,34-47,50-51H,3-5,8-11,17-20,28-29,32-33H2,1-2H3. The summed E-state index contributed by atoms with van der Waals surface area (Å²) in [6.07, 6.45) is 18.5. The van der Waals surface area contributed by atoms with E-state index in [9.17, 15) is 0 Å². The van der Waals surface area contributed by atoms with Crippen molar-refractivity contribution in [2.24, 2.45) is 0 Å². The first-order chi connectivity index (χ1) is 34.5. The second-order valence-corrected chi connectivity index (χ2v) is 21.6. The van der Waals surface area contributed by atoms with Crippen molar-refractivity contribution in [1.29, 1.82) is 0 Å². The van der Waals surface area contributed by atoms with Crippen LogP contribution >= 0.6 is 0 Å². The fourth-order valence-corrected chi connectivity index (χ4v) is 13.0. The van der Waals surface area contributed by atoms with Crippen molar-refractivity contribution in [3.63, 3.8) is 0 Å². The van der Waals surface area contributed by atoms with Gasteiger partial charge in [0.05, 0.1) is 0 Å². The Labute approximate surface area is 418 Å². The van der Waals surface area contributed by atoms with Crippen LogP contribution < -0.4 is 9.80 Å². The Kier molecular flexibility index (Phi) is 12.3. The molecule has 8 aromatic carbocycles. The zero-order valence-corrected chi connectivity index (χ0v) is 41.5. The smallest absolute Gasteiger partial charge is 0.0496 e. The Morgan fingerprint density at radius 3 is 1.41 bits per heavy atom. The second kappa shape index (κ2) is 19.3. The minimum Gasteiger partial charge on any atom is -0.310 e. The number of hydrogen-bond donors (Lipinski definition) is 0. The monoisotopic (exact) mass is 913 g/mol. The highest BCUT2D eigenvalue weighted by atomic mass is 15.2. The van der Waals surface area contributed by atoms with Crippen LogP contribution in [0.25, 0.3) is 22.3 Å². The highest BCUT2D eigenvalue weighted by Crippen LogP contribution is 2.54. The highest BCUT2D eigenvalue weighted by molar-refractivity contribution is 5.94. The van der Waals surface area contributed by atoms with Gasteiger partial charge in [0.25, 0.3) is 0 Å². The normalized spacial score (nSPS) is 16.7. The van der Waals surface area contributed by atoms with Gasteiger partial charge in [0.2, 0.25) is 0 Å². The van der Waals surface area contributed by atoms with Crippen LogP contribution in [0.3, 0.4) is 0 Å². The summed E-state index contributed by atoms with van der Waals surface area (Å²) in [4.78, 5) is 5.14. The van der Waals surface area contributed by atoms with E-state index in [-0.39, 0.29) is 5.41 Å². The average Bonchev–Trinajstić information content (AvgIpc) is 3.55. The molecule has 350 valence electrons. The largest absolute Gasteiger partial charge is 0.310 e. The Morgan fingerprint density at radius 2 is 0.857 bits per heavy atom. The first-order valence-electron chi connectivity index (χ1n) is 26.9. The summed E-state index contributed by atoms with van der Waals surface area (Å²) < 4.78 is 0. The average molecular weight is 913 g/mol. The van der Waals surface area contributed by atoms with Crippen molar-refractivity contribution in [3.05, 3.63) is 226 Å². The Hall–Kier alpha value is -6.64. The predicted octanol–water partition coefficient (Wildman–Crippen LogP) is 19.0. The first-order valence-corrected chi connectivity index (χ1v) is 26.9. The number of aryl methyl sites for hydroxylation is 4. The van der Waals surface area contributed by atoms with Crippen LogP contribution in [0.1, 0.15) is 141 Å². The van der Waals surface area contributed by atoms with E-state index in [1.165, 1.54) is 172 Å². The number of nitrogens with zero attached hydrogens (tertiary/aromatic N) is 2. The maximum absolute atomic E-state index is 2.61. The lowest BCUT2D eigenvalue weighted by Crippen LogP contribution is -2.18. The molecule has 0 saturated heterocycles. The van der Waals surface area contributed by atoms with Crippen LogP contribution in [0.15, 0.2) is 182 Å². The number of benzene rings is 8. The molecule has 2 saturated carbocycles. The second-order valence-electron chi connectivity index (χ2n) is 21.6. The summed E-state index contributed by atoms with van der Waals surface area (Å²) >= 11 is 0. The van der Waals surface area contributed by atoms with E-state index >= 15 is 0 Å². The molecule has 4 bridgehead atoms. The van der Waals surface area contributed by atoms with E-state index < -0.39 is 0 Å². The maximum Gasteiger partial charge on any atom is 0.0496 e. The van der Waals surface area contributed by atoms with Gasteiger partial charge in [0, 0.05) is 39.5 Å². The predicted molar refractivity (Wildman–Crippen MR) is 296 cm³/mol. The maximum atomic E-state index is 2.61. The van der Waals surface area contributed by atoms with Gasteiger partial charge in [-0.05, 0) is 191 Å². The Morgan fingerprint density at radius 1 is 0.371 bits per heavy atom. The van der Waals surface area contributed by atoms with Crippen molar-refractivity contribution < 1.29 is 0 Å². The van der Waals surface area contributed by atoms with Gasteiger partial charge < -0.3 is 9.80 Å². The molecule has 2 nitrogen and oxygen atoms in total. The van der Waals surface area contributed by atoms with E-state index in [4.69, 9.17) is 0 Å². The van der Waals surface area contributed by atoms with Gasteiger partial charge in [0.1, 0.15) is 0 Å². The van der Waals surface area contributed by atoms with Crippen molar-refractivity contribution in [3.8, 4) is 22.3 Å².